The minimum absolute atomic E-state index is 1.00. The van der Waals surface area contributed by atoms with Crippen LogP contribution in [0.2, 0.25) is 0 Å². The Kier molecular flexibility index (Phi) is 50.8. The van der Waals surface area contributed by atoms with Gasteiger partial charge in [0.2, 0.25) is 0 Å². The van der Waals surface area contributed by atoms with Gasteiger partial charge in [-0.25, -0.2) is 0 Å². The second-order valence-electron chi connectivity index (χ2n) is 1.18. The average molecular weight is 162 g/mol. The Hall–Kier alpha value is -0.0800. The third-order valence-electron chi connectivity index (χ3n) is 0.729. The summed E-state index contributed by atoms with van der Waals surface area (Å²) in [4.78, 5) is 0. The average Bonchev–Trinajstić information content (AvgIpc) is 2.71. The van der Waals surface area contributed by atoms with Crippen molar-refractivity contribution < 1.29 is 0 Å². The summed E-state index contributed by atoms with van der Waals surface area (Å²) < 4.78 is 0. The largest absolute Gasteiger partial charge is 0.303 e. The Morgan fingerprint density at radius 2 is 0.909 bits per heavy atom. The van der Waals surface area contributed by atoms with Gasteiger partial charge in [0.05, 0.1) is 0 Å². The molecule has 1 aliphatic rings. The van der Waals surface area contributed by atoms with Gasteiger partial charge in [0.15, 0.2) is 0 Å². The molecule has 72 valence electrons. The fourth-order valence-electron chi connectivity index (χ4n) is 0.442. The molecule has 0 unspecified atom stereocenters. The zero-order valence-electron chi connectivity index (χ0n) is 9.12. The Balaban J connectivity index is -0.0000000933. The Bertz CT molecular complexity index is 19.1. The van der Waals surface area contributed by atoms with Gasteiger partial charge in [-0.05, 0) is 0 Å². The second-order valence-corrected chi connectivity index (χ2v) is 1.18. The number of hydrogen-bond donors (Lipinski definition) is 2. The first-order chi connectivity index (χ1) is 5.50. The quantitative estimate of drug-likeness (QED) is 0.570. The Morgan fingerprint density at radius 3 is 1.00 bits per heavy atom. The van der Waals surface area contributed by atoms with Crippen LogP contribution in [0.1, 0.15) is 41.5 Å². The van der Waals surface area contributed by atoms with Gasteiger partial charge in [0.25, 0.3) is 0 Å². The molecular weight excluding hydrogens is 136 g/mol. The van der Waals surface area contributed by atoms with E-state index in [2.05, 4.69) is 10.6 Å². The van der Waals surface area contributed by atoms with Gasteiger partial charge in [-0.15, -0.1) is 0 Å². The van der Waals surface area contributed by atoms with Gasteiger partial charge < -0.3 is 10.6 Å². The summed E-state index contributed by atoms with van der Waals surface area (Å²) >= 11 is 0. The van der Waals surface area contributed by atoms with Crippen molar-refractivity contribution in [1.29, 1.82) is 0 Å². The molecule has 11 heavy (non-hydrogen) atoms. The van der Waals surface area contributed by atoms with Crippen LogP contribution in [-0.4, -0.2) is 19.8 Å². The maximum Gasteiger partial charge on any atom is 0.0455 e. The lowest BCUT2D eigenvalue weighted by atomic mass is 10.7. The molecule has 1 saturated heterocycles. The van der Waals surface area contributed by atoms with E-state index in [1.807, 2.05) is 41.5 Å². The lowest BCUT2D eigenvalue weighted by Crippen LogP contribution is -2.11. The first kappa shape index (κ1) is 17.1. The van der Waals surface area contributed by atoms with Crippen LogP contribution in [0, 0.1) is 0 Å². The highest BCUT2D eigenvalue weighted by atomic mass is 15.1. The first-order valence-corrected chi connectivity index (χ1v) is 4.91. The van der Waals surface area contributed by atoms with Gasteiger partial charge >= 0.3 is 0 Å². The van der Waals surface area contributed by atoms with Crippen LogP contribution in [0.4, 0.5) is 0 Å². The van der Waals surface area contributed by atoms with Crippen molar-refractivity contribution in [2.45, 2.75) is 41.5 Å². The molecule has 2 heteroatoms. The van der Waals surface area contributed by atoms with E-state index in [9.17, 15) is 0 Å². The van der Waals surface area contributed by atoms with Crippen molar-refractivity contribution in [3.63, 3.8) is 0 Å². The molecule has 1 rings (SSSR count). The first-order valence-electron chi connectivity index (χ1n) is 4.91. The van der Waals surface area contributed by atoms with Gasteiger partial charge in [0.1, 0.15) is 0 Å². The molecule has 0 aromatic carbocycles. The highest BCUT2D eigenvalue weighted by molar-refractivity contribution is 4.55. The van der Waals surface area contributed by atoms with Crippen LogP contribution in [0.5, 0.6) is 0 Å². The lowest BCUT2D eigenvalue weighted by molar-refractivity contribution is 0.807. The molecule has 1 aliphatic heterocycles. The zero-order valence-corrected chi connectivity index (χ0v) is 9.12. The van der Waals surface area contributed by atoms with Crippen molar-refractivity contribution in [3.05, 3.63) is 0 Å². The molecule has 1 fully saturated rings. The molecule has 0 aromatic rings. The van der Waals surface area contributed by atoms with Crippen molar-refractivity contribution in [3.8, 4) is 0 Å². The lowest BCUT2D eigenvalue weighted by Gasteiger charge is -1.77. The molecule has 2 nitrogen and oxygen atoms in total. The topological polar surface area (TPSA) is 24.1 Å². The zero-order chi connectivity index (χ0) is 9.54. The molecule has 0 bridgehead atoms. The van der Waals surface area contributed by atoms with E-state index in [1.54, 1.807) is 0 Å². The minimum atomic E-state index is 1.00. The molecule has 0 aliphatic carbocycles. The summed E-state index contributed by atoms with van der Waals surface area (Å²) in [5.41, 5.74) is 0. The minimum Gasteiger partial charge on any atom is -0.303 e. The van der Waals surface area contributed by atoms with Crippen LogP contribution in [0.3, 0.4) is 0 Å². The van der Waals surface area contributed by atoms with E-state index in [-0.39, 0.29) is 0 Å². The molecule has 2 N–H and O–H groups in total. The van der Waals surface area contributed by atoms with E-state index in [0.29, 0.717) is 0 Å². The van der Waals surface area contributed by atoms with Crippen molar-refractivity contribution in [1.82, 2.24) is 10.6 Å². The molecule has 0 atom stereocenters. The summed E-state index contributed by atoms with van der Waals surface area (Å²) in [5, 5.41) is 6.22. The summed E-state index contributed by atoms with van der Waals surface area (Å²) in [7, 11) is 0. The molecule has 0 amide bonds. The van der Waals surface area contributed by atoms with Crippen molar-refractivity contribution in [2.24, 2.45) is 0 Å². The van der Waals surface area contributed by atoms with Crippen LogP contribution in [0.25, 0.3) is 0 Å². The van der Waals surface area contributed by atoms with Crippen LogP contribution < -0.4 is 10.6 Å². The third kappa shape index (κ3) is 25.7. The summed E-state index contributed by atoms with van der Waals surface area (Å²) in [6, 6.07) is 0. The maximum absolute atomic E-state index is 3.11. The predicted octanol–water partition coefficient (Wildman–Crippen LogP) is 2.22. The van der Waals surface area contributed by atoms with E-state index in [0.717, 1.165) is 19.8 Å². The smallest absolute Gasteiger partial charge is 0.0455 e. The highest BCUT2D eigenvalue weighted by Crippen LogP contribution is 1.62. The summed E-state index contributed by atoms with van der Waals surface area (Å²) in [6.07, 6.45) is 0. The molecule has 0 radical (unpaired) electrons. The van der Waals surface area contributed by atoms with E-state index in [1.165, 1.54) is 0 Å². The molecule has 1 heterocycles. The molecular formula is C9H26N2. The molecule has 0 aromatic heterocycles. The van der Waals surface area contributed by atoms with Gasteiger partial charge in [-0.3, -0.25) is 0 Å². The van der Waals surface area contributed by atoms with E-state index >= 15 is 0 Å². The monoisotopic (exact) mass is 162 g/mol. The third-order valence-corrected chi connectivity index (χ3v) is 0.729. The fourth-order valence-corrected chi connectivity index (χ4v) is 0.442. The van der Waals surface area contributed by atoms with Crippen molar-refractivity contribution in [2.75, 3.05) is 19.8 Å². The standard InChI is InChI=1S/C3H8N2.3C2H6/c1-2-5-3-4-1;3*1-2/h4-5H,1-3H2;3*1-2H3. The molecule has 0 spiro atoms. The maximum atomic E-state index is 3.11. The fraction of sp³-hybridized carbons (Fsp3) is 1.00. The Morgan fingerprint density at radius 1 is 0.636 bits per heavy atom. The summed E-state index contributed by atoms with van der Waals surface area (Å²) in [5.74, 6) is 0. The van der Waals surface area contributed by atoms with E-state index < -0.39 is 0 Å². The number of rotatable bonds is 0. The number of hydrogen-bond acceptors (Lipinski definition) is 2. The summed E-state index contributed by atoms with van der Waals surface area (Å²) in [6.45, 7) is 15.3. The number of nitrogens with one attached hydrogen (secondary N) is 2. The Labute approximate surface area is 72.8 Å². The van der Waals surface area contributed by atoms with E-state index in [4.69, 9.17) is 0 Å². The van der Waals surface area contributed by atoms with Gasteiger partial charge in [0, 0.05) is 19.8 Å². The second kappa shape index (κ2) is 32.6. The van der Waals surface area contributed by atoms with Crippen LogP contribution in [-0.2, 0) is 0 Å². The van der Waals surface area contributed by atoms with Crippen molar-refractivity contribution >= 4 is 0 Å². The normalized spacial score (nSPS) is 12.5. The molecule has 0 saturated carbocycles. The SMILES string of the molecule is C1CNCN1.CC.CC.CC. The predicted molar refractivity (Wildman–Crippen MR) is 54.9 cm³/mol. The van der Waals surface area contributed by atoms with Crippen LogP contribution >= 0.6 is 0 Å². The van der Waals surface area contributed by atoms with Crippen LogP contribution in [0.15, 0.2) is 0 Å². The van der Waals surface area contributed by atoms with Gasteiger partial charge in [-0.2, -0.15) is 0 Å². The highest BCUT2D eigenvalue weighted by Gasteiger charge is 1.90. The van der Waals surface area contributed by atoms with Gasteiger partial charge in [-0.1, -0.05) is 41.5 Å².